The quantitative estimate of drug-likeness (QED) is 0.426. The van der Waals surface area contributed by atoms with E-state index in [2.05, 4.69) is 0 Å². The van der Waals surface area contributed by atoms with Crippen LogP contribution in [0.4, 0.5) is 0 Å². The molecule has 0 spiro atoms. The van der Waals surface area contributed by atoms with Gasteiger partial charge in [-0.1, -0.05) is 20.8 Å². The maximum Gasteiger partial charge on any atom is 0.350 e. The highest BCUT2D eigenvalue weighted by Crippen LogP contribution is 2.18. The van der Waals surface area contributed by atoms with Crippen LogP contribution in [0, 0.1) is 17.2 Å². The fraction of sp³-hybridized carbons (Fsp3) is 0.667. The van der Waals surface area contributed by atoms with Crippen LogP contribution >= 0.6 is 0 Å². The number of carbonyl (C=O) groups is 1. The number of allylic oxidation sites excluding steroid dienone is 1. The van der Waals surface area contributed by atoms with Crippen LogP contribution < -0.4 is 5.73 Å². The van der Waals surface area contributed by atoms with Crippen molar-refractivity contribution in [1.29, 1.82) is 5.26 Å². The largest absolute Gasteiger partial charge is 0.462 e. The minimum absolute atomic E-state index is 0.0397. The first-order valence-corrected chi connectivity index (χ1v) is 5.69. The predicted octanol–water partition coefficient (Wildman–Crippen LogP) is 2.11. The molecule has 4 nitrogen and oxygen atoms in total. The molecule has 0 saturated heterocycles. The molecular weight excluding hydrogens is 204 g/mol. The molecule has 0 aliphatic rings. The maximum atomic E-state index is 11.5. The van der Waals surface area contributed by atoms with Gasteiger partial charge >= 0.3 is 5.97 Å². The lowest BCUT2D eigenvalue weighted by atomic mass is 9.96. The van der Waals surface area contributed by atoms with E-state index in [1.54, 1.807) is 0 Å². The number of hydrogen-bond donors (Lipinski definition) is 1. The summed E-state index contributed by atoms with van der Waals surface area (Å²) in [4.78, 5) is 11.5. The maximum absolute atomic E-state index is 11.5. The third kappa shape index (κ3) is 3.93. The molecule has 0 aliphatic heterocycles. The van der Waals surface area contributed by atoms with Crippen molar-refractivity contribution in [2.24, 2.45) is 11.7 Å². The van der Waals surface area contributed by atoms with Crippen LogP contribution in [0.25, 0.3) is 0 Å². The van der Waals surface area contributed by atoms with Gasteiger partial charge in [-0.3, -0.25) is 0 Å². The molecule has 0 radical (unpaired) electrons. The lowest BCUT2D eigenvalue weighted by Crippen LogP contribution is -2.19. The molecule has 0 aromatic carbocycles. The van der Waals surface area contributed by atoms with Crippen molar-refractivity contribution in [3.63, 3.8) is 0 Å². The summed E-state index contributed by atoms with van der Waals surface area (Å²) in [5.74, 6) is -0.530. The van der Waals surface area contributed by atoms with Gasteiger partial charge in [0.2, 0.25) is 0 Å². The van der Waals surface area contributed by atoms with Crippen LogP contribution in [0.5, 0.6) is 0 Å². The monoisotopic (exact) mass is 224 g/mol. The molecule has 0 aromatic rings. The van der Waals surface area contributed by atoms with Crippen LogP contribution in [0.3, 0.4) is 0 Å². The Balaban J connectivity index is 4.87. The zero-order valence-corrected chi connectivity index (χ0v) is 10.2. The first-order chi connectivity index (χ1) is 7.62. The molecule has 0 heterocycles. The van der Waals surface area contributed by atoms with E-state index in [0.717, 1.165) is 19.3 Å². The standard InChI is InChI=1S/C12H20N2O2/c1-4-7-16-12(15)10(8-13)11(14)9(5-2)6-3/h9H,4-7,14H2,1-3H3/b11-10-. The van der Waals surface area contributed by atoms with Crippen molar-refractivity contribution in [3.05, 3.63) is 11.3 Å². The number of ether oxygens (including phenoxy) is 1. The minimum Gasteiger partial charge on any atom is -0.462 e. The van der Waals surface area contributed by atoms with Crippen molar-refractivity contribution < 1.29 is 9.53 Å². The van der Waals surface area contributed by atoms with Gasteiger partial charge in [-0.15, -0.1) is 0 Å². The average molecular weight is 224 g/mol. The Kier molecular flexibility index (Phi) is 7.02. The highest BCUT2D eigenvalue weighted by Gasteiger charge is 2.19. The smallest absolute Gasteiger partial charge is 0.350 e. The Morgan fingerprint density at radius 3 is 2.31 bits per heavy atom. The number of nitrogens with two attached hydrogens (primary N) is 1. The third-order valence-electron chi connectivity index (χ3n) is 2.47. The number of esters is 1. The SMILES string of the molecule is CCCOC(=O)/C(C#N)=C(\N)C(CC)CC. The van der Waals surface area contributed by atoms with Gasteiger partial charge in [0, 0.05) is 5.70 Å². The molecule has 0 saturated carbocycles. The van der Waals surface area contributed by atoms with E-state index in [1.807, 2.05) is 26.8 Å². The van der Waals surface area contributed by atoms with Gasteiger partial charge < -0.3 is 10.5 Å². The lowest BCUT2D eigenvalue weighted by Gasteiger charge is -2.14. The lowest BCUT2D eigenvalue weighted by molar-refractivity contribution is -0.138. The molecular formula is C12H20N2O2. The van der Waals surface area contributed by atoms with Crippen LogP contribution in [-0.2, 0) is 9.53 Å². The van der Waals surface area contributed by atoms with E-state index < -0.39 is 5.97 Å². The Hall–Kier alpha value is -1.50. The van der Waals surface area contributed by atoms with Crippen molar-refractivity contribution in [1.82, 2.24) is 0 Å². The summed E-state index contributed by atoms with van der Waals surface area (Å²) in [6.45, 7) is 6.17. The summed E-state index contributed by atoms with van der Waals surface area (Å²) < 4.78 is 4.91. The van der Waals surface area contributed by atoms with Crippen LogP contribution in [0.1, 0.15) is 40.0 Å². The first kappa shape index (κ1) is 14.5. The number of rotatable bonds is 6. The van der Waals surface area contributed by atoms with Crippen molar-refractivity contribution in [3.8, 4) is 6.07 Å². The number of carbonyl (C=O) groups excluding carboxylic acids is 1. The van der Waals surface area contributed by atoms with E-state index in [9.17, 15) is 4.79 Å². The molecule has 0 unspecified atom stereocenters. The Labute approximate surface area is 97.1 Å². The molecule has 90 valence electrons. The number of nitriles is 1. The molecule has 0 rings (SSSR count). The zero-order chi connectivity index (χ0) is 12.6. The van der Waals surface area contributed by atoms with Crippen molar-refractivity contribution in [2.75, 3.05) is 6.61 Å². The predicted molar refractivity (Wildman–Crippen MR) is 62.1 cm³/mol. The fourth-order valence-corrected chi connectivity index (χ4v) is 1.43. The van der Waals surface area contributed by atoms with Gasteiger partial charge in [-0.2, -0.15) is 5.26 Å². The highest BCUT2D eigenvalue weighted by molar-refractivity contribution is 5.93. The summed E-state index contributed by atoms with van der Waals surface area (Å²) in [7, 11) is 0. The van der Waals surface area contributed by atoms with Gasteiger partial charge in [0.15, 0.2) is 5.57 Å². The van der Waals surface area contributed by atoms with Crippen molar-refractivity contribution >= 4 is 5.97 Å². The molecule has 0 atom stereocenters. The summed E-state index contributed by atoms with van der Waals surface area (Å²) in [6.07, 6.45) is 2.36. The van der Waals surface area contributed by atoms with Crippen LogP contribution in [0.2, 0.25) is 0 Å². The Morgan fingerprint density at radius 1 is 1.38 bits per heavy atom. The molecule has 16 heavy (non-hydrogen) atoms. The molecule has 0 amide bonds. The molecule has 0 bridgehead atoms. The second kappa shape index (κ2) is 7.75. The van der Waals surface area contributed by atoms with Gasteiger partial charge in [0.1, 0.15) is 6.07 Å². The summed E-state index contributed by atoms with van der Waals surface area (Å²) >= 11 is 0. The molecule has 4 heteroatoms. The second-order valence-corrected chi connectivity index (χ2v) is 3.59. The Bertz CT molecular complexity index is 299. The minimum atomic E-state index is -0.603. The third-order valence-corrected chi connectivity index (χ3v) is 2.47. The van der Waals surface area contributed by atoms with Crippen molar-refractivity contribution in [2.45, 2.75) is 40.0 Å². The van der Waals surface area contributed by atoms with Gasteiger partial charge in [-0.25, -0.2) is 4.79 Å². The van der Waals surface area contributed by atoms with E-state index in [4.69, 9.17) is 15.7 Å². The van der Waals surface area contributed by atoms with E-state index in [0.29, 0.717) is 12.3 Å². The normalized spacial score (nSPS) is 11.9. The second-order valence-electron chi connectivity index (χ2n) is 3.59. The summed E-state index contributed by atoms with van der Waals surface area (Å²) in [5, 5.41) is 8.92. The van der Waals surface area contributed by atoms with E-state index >= 15 is 0 Å². The summed E-state index contributed by atoms with van der Waals surface area (Å²) in [6, 6.07) is 1.84. The van der Waals surface area contributed by atoms with Gasteiger partial charge in [0.05, 0.1) is 6.61 Å². The molecule has 0 aliphatic carbocycles. The van der Waals surface area contributed by atoms with Crippen LogP contribution in [0.15, 0.2) is 11.3 Å². The topological polar surface area (TPSA) is 76.1 Å². The van der Waals surface area contributed by atoms with Gasteiger partial charge in [0.25, 0.3) is 0 Å². The van der Waals surface area contributed by atoms with Gasteiger partial charge in [-0.05, 0) is 25.2 Å². The molecule has 0 fully saturated rings. The number of hydrogen-bond acceptors (Lipinski definition) is 4. The highest BCUT2D eigenvalue weighted by atomic mass is 16.5. The molecule has 2 N–H and O–H groups in total. The zero-order valence-electron chi connectivity index (χ0n) is 10.2. The molecule has 0 aromatic heterocycles. The summed E-state index contributed by atoms with van der Waals surface area (Å²) in [5.41, 5.74) is 6.14. The van der Waals surface area contributed by atoms with E-state index in [-0.39, 0.29) is 11.5 Å². The van der Waals surface area contributed by atoms with Crippen LogP contribution in [-0.4, -0.2) is 12.6 Å². The number of nitrogens with zero attached hydrogens (tertiary/aromatic N) is 1. The average Bonchev–Trinajstić information content (AvgIpc) is 2.29. The van der Waals surface area contributed by atoms with E-state index in [1.165, 1.54) is 0 Å². The Morgan fingerprint density at radius 2 is 1.94 bits per heavy atom. The fourth-order valence-electron chi connectivity index (χ4n) is 1.43. The first-order valence-electron chi connectivity index (χ1n) is 5.69.